The van der Waals surface area contributed by atoms with Crippen LogP contribution in [-0.4, -0.2) is 0 Å². The SMILES string of the molecule is CC1(C)c2cc(-c3cccc(-c4ccc5c(c4)CCC=C5)c3)ccc2-c2ccc(-c3ccc4ccc5cccc6ccc3c4c56)cc21. The molecule has 0 nitrogen and oxygen atoms in total. The summed E-state index contributed by atoms with van der Waals surface area (Å²) in [7, 11) is 0. The second kappa shape index (κ2) is 9.77. The number of allylic oxidation sites excluding steroid dienone is 1. The molecule has 0 heterocycles. The maximum absolute atomic E-state index is 2.47. The minimum Gasteiger partial charge on any atom is -0.0836 e. The maximum atomic E-state index is 2.47. The van der Waals surface area contributed by atoms with Crippen LogP contribution in [0.15, 0.2) is 140 Å². The molecule has 0 bridgehead atoms. The van der Waals surface area contributed by atoms with Crippen molar-refractivity contribution in [3.63, 3.8) is 0 Å². The molecule has 0 unspecified atom stereocenters. The van der Waals surface area contributed by atoms with E-state index in [0.29, 0.717) is 0 Å². The summed E-state index contributed by atoms with van der Waals surface area (Å²) in [6.07, 6.45) is 6.80. The third kappa shape index (κ3) is 3.95. The lowest BCUT2D eigenvalue weighted by atomic mass is 9.80. The molecule has 47 heavy (non-hydrogen) atoms. The van der Waals surface area contributed by atoms with Crippen LogP contribution in [0.4, 0.5) is 0 Å². The van der Waals surface area contributed by atoms with Crippen LogP contribution in [0, 0.1) is 0 Å². The van der Waals surface area contributed by atoms with E-state index in [2.05, 4.69) is 159 Å². The van der Waals surface area contributed by atoms with Gasteiger partial charge < -0.3 is 0 Å². The van der Waals surface area contributed by atoms with Crippen molar-refractivity contribution in [1.82, 2.24) is 0 Å². The molecule has 2 aliphatic rings. The van der Waals surface area contributed by atoms with Crippen molar-refractivity contribution in [1.29, 1.82) is 0 Å². The Hall–Kier alpha value is -5.46. The number of aryl methyl sites for hydroxylation is 1. The smallest absolute Gasteiger partial charge is 0.0159 e. The molecular weight excluding hydrogens is 565 g/mol. The van der Waals surface area contributed by atoms with Crippen LogP contribution >= 0.6 is 0 Å². The average Bonchev–Trinajstić information content (AvgIpc) is 3.35. The molecule has 0 spiro atoms. The Morgan fingerprint density at radius 2 is 1.04 bits per heavy atom. The molecule has 0 aromatic heterocycles. The molecule has 0 radical (unpaired) electrons. The fourth-order valence-electron chi connectivity index (χ4n) is 8.56. The zero-order chi connectivity index (χ0) is 31.3. The van der Waals surface area contributed by atoms with E-state index in [1.54, 1.807) is 0 Å². The van der Waals surface area contributed by atoms with Gasteiger partial charge in [0.25, 0.3) is 0 Å². The van der Waals surface area contributed by atoms with E-state index in [4.69, 9.17) is 0 Å². The van der Waals surface area contributed by atoms with Crippen LogP contribution in [0.1, 0.15) is 42.5 Å². The molecule has 8 aromatic rings. The summed E-state index contributed by atoms with van der Waals surface area (Å²) in [4.78, 5) is 0. The van der Waals surface area contributed by atoms with Crippen LogP contribution in [0.2, 0.25) is 0 Å². The highest BCUT2D eigenvalue weighted by Crippen LogP contribution is 2.51. The first-order valence-electron chi connectivity index (χ1n) is 16.9. The fraction of sp³-hybridized carbons (Fsp3) is 0.106. The Labute approximate surface area is 276 Å². The standard InChI is InChI=1S/C47H34/c1-47(2)43-27-37(35-12-6-11-34(26-35)36-16-13-29-7-3-4-8-33(29)25-36)19-22-40(43)41-23-20-38(28-44(41)47)39-21-17-32-15-14-30-9-5-10-31-18-24-42(39)46(32)45(30)31/h3,5-7,9-28H,4,8H2,1-2H3. The van der Waals surface area contributed by atoms with Gasteiger partial charge in [-0.15, -0.1) is 0 Å². The summed E-state index contributed by atoms with van der Waals surface area (Å²) in [6.45, 7) is 4.79. The molecule has 8 aromatic carbocycles. The third-order valence-corrected chi connectivity index (χ3v) is 11.1. The van der Waals surface area contributed by atoms with Crippen molar-refractivity contribution in [2.45, 2.75) is 32.1 Å². The Bertz CT molecular complexity index is 2580. The second-order valence-corrected chi connectivity index (χ2v) is 14.1. The van der Waals surface area contributed by atoms with E-state index in [1.807, 2.05) is 0 Å². The van der Waals surface area contributed by atoms with Gasteiger partial charge in [-0.25, -0.2) is 0 Å². The lowest BCUT2D eigenvalue weighted by Gasteiger charge is -2.23. The van der Waals surface area contributed by atoms with E-state index in [9.17, 15) is 0 Å². The van der Waals surface area contributed by atoms with Crippen molar-refractivity contribution in [2.24, 2.45) is 0 Å². The second-order valence-electron chi connectivity index (χ2n) is 14.1. The van der Waals surface area contributed by atoms with Crippen molar-refractivity contribution in [2.75, 3.05) is 0 Å². The summed E-state index contributed by atoms with van der Waals surface area (Å²) in [5.74, 6) is 0. The minimum absolute atomic E-state index is 0.107. The molecule has 0 N–H and O–H groups in total. The van der Waals surface area contributed by atoms with E-state index < -0.39 is 0 Å². The van der Waals surface area contributed by atoms with Gasteiger partial charge in [-0.2, -0.15) is 0 Å². The number of fused-ring (bicyclic) bond motifs is 4. The third-order valence-electron chi connectivity index (χ3n) is 11.1. The molecule has 0 amide bonds. The first-order chi connectivity index (χ1) is 23.0. The van der Waals surface area contributed by atoms with Crippen molar-refractivity contribution >= 4 is 38.4 Å². The average molecular weight is 599 g/mol. The predicted octanol–water partition coefficient (Wildman–Crippen LogP) is 12.9. The van der Waals surface area contributed by atoms with Crippen molar-refractivity contribution in [3.8, 4) is 44.5 Å². The molecule has 0 saturated heterocycles. The van der Waals surface area contributed by atoms with Gasteiger partial charge in [-0.3, -0.25) is 0 Å². The molecule has 0 fully saturated rings. The highest BCUT2D eigenvalue weighted by molar-refractivity contribution is 6.25. The molecule has 0 heteroatoms. The van der Waals surface area contributed by atoms with Gasteiger partial charge in [-0.05, 0) is 130 Å². The lowest BCUT2D eigenvalue weighted by molar-refractivity contribution is 0.661. The van der Waals surface area contributed by atoms with Gasteiger partial charge in [0.05, 0.1) is 0 Å². The van der Waals surface area contributed by atoms with Gasteiger partial charge in [-0.1, -0.05) is 141 Å². The van der Waals surface area contributed by atoms with Gasteiger partial charge in [0, 0.05) is 5.41 Å². The fourth-order valence-corrected chi connectivity index (χ4v) is 8.56. The Balaban J connectivity index is 1.05. The van der Waals surface area contributed by atoms with Gasteiger partial charge >= 0.3 is 0 Å². The van der Waals surface area contributed by atoms with Crippen LogP contribution in [0.25, 0.3) is 82.9 Å². The van der Waals surface area contributed by atoms with E-state index in [-0.39, 0.29) is 5.41 Å². The Morgan fingerprint density at radius 1 is 0.468 bits per heavy atom. The Morgan fingerprint density at radius 3 is 1.83 bits per heavy atom. The highest BCUT2D eigenvalue weighted by Gasteiger charge is 2.36. The quantitative estimate of drug-likeness (QED) is 0.178. The minimum atomic E-state index is -0.107. The zero-order valence-corrected chi connectivity index (χ0v) is 26.8. The number of benzene rings is 8. The molecule has 222 valence electrons. The summed E-state index contributed by atoms with van der Waals surface area (Å²) in [5, 5.41) is 8.01. The highest BCUT2D eigenvalue weighted by atomic mass is 14.4. The topological polar surface area (TPSA) is 0 Å². The first-order valence-corrected chi connectivity index (χ1v) is 16.9. The Kier molecular flexibility index (Phi) is 5.56. The van der Waals surface area contributed by atoms with E-state index in [0.717, 1.165) is 12.8 Å². The van der Waals surface area contributed by atoms with Crippen LogP contribution < -0.4 is 0 Å². The van der Waals surface area contributed by atoms with E-state index in [1.165, 1.54) is 99.1 Å². The van der Waals surface area contributed by atoms with E-state index >= 15 is 0 Å². The van der Waals surface area contributed by atoms with Crippen LogP contribution in [-0.2, 0) is 11.8 Å². The van der Waals surface area contributed by atoms with Gasteiger partial charge in [0.15, 0.2) is 0 Å². The van der Waals surface area contributed by atoms with Gasteiger partial charge in [0.1, 0.15) is 0 Å². The maximum Gasteiger partial charge on any atom is 0.0159 e. The molecule has 0 atom stereocenters. The molecule has 0 saturated carbocycles. The molecular formula is C47H34. The number of hydrogen-bond acceptors (Lipinski definition) is 0. The summed E-state index contributed by atoms with van der Waals surface area (Å²) < 4.78 is 0. The van der Waals surface area contributed by atoms with Crippen LogP contribution in [0.5, 0.6) is 0 Å². The van der Waals surface area contributed by atoms with Gasteiger partial charge in [0.2, 0.25) is 0 Å². The number of hydrogen-bond donors (Lipinski definition) is 0. The monoisotopic (exact) mass is 598 g/mol. The molecule has 2 aliphatic carbocycles. The normalized spacial score (nSPS) is 14.5. The largest absolute Gasteiger partial charge is 0.0836 e. The molecule has 10 rings (SSSR count). The van der Waals surface area contributed by atoms with Crippen molar-refractivity contribution in [3.05, 3.63) is 162 Å². The molecule has 0 aliphatic heterocycles. The first kappa shape index (κ1) is 26.7. The zero-order valence-electron chi connectivity index (χ0n) is 26.8. The lowest BCUT2D eigenvalue weighted by Crippen LogP contribution is -2.15. The van der Waals surface area contributed by atoms with Crippen LogP contribution in [0.3, 0.4) is 0 Å². The summed E-state index contributed by atoms with van der Waals surface area (Å²) in [5.41, 5.74) is 15.9. The predicted molar refractivity (Wildman–Crippen MR) is 201 cm³/mol. The summed E-state index contributed by atoms with van der Waals surface area (Å²) >= 11 is 0. The summed E-state index contributed by atoms with van der Waals surface area (Å²) in [6, 6.07) is 50.7. The van der Waals surface area contributed by atoms with Crippen molar-refractivity contribution < 1.29 is 0 Å². The number of rotatable bonds is 3.